The molecule has 0 spiro atoms. The first-order chi connectivity index (χ1) is 10.6. The van der Waals surface area contributed by atoms with Gasteiger partial charge in [0.15, 0.2) is 5.69 Å². The maximum Gasteiger partial charge on any atom is 0.280 e. The van der Waals surface area contributed by atoms with Crippen molar-refractivity contribution in [2.24, 2.45) is 7.05 Å². The lowest BCUT2D eigenvalue weighted by Gasteiger charge is -2.08. The maximum atomic E-state index is 13.4. The van der Waals surface area contributed by atoms with Gasteiger partial charge in [-0.1, -0.05) is 0 Å². The van der Waals surface area contributed by atoms with Gasteiger partial charge in [0.1, 0.15) is 5.82 Å². The van der Waals surface area contributed by atoms with Gasteiger partial charge in [-0.3, -0.25) is 19.3 Å². The van der Waals surface area contributed by atoms with Gasteiger partial charge in [-0.2, -0.15) is 5.10 Å². The molecule has 1 aromatic carbocycles. The first kappa shape index (κ1) is 13.9. The van der Waals surface area contributed by atoms with E-state index < -0.39 is 17.2 Å². The van der Waals surface area contributed by atoms with Crippen LogP contribution in [0.4, 0.5) is 10.1 Å². The molecule has 6 nitrogen and oxygen atoms in total. The standard InChI is InChI=1S/C15H11FN4O2/c1-20-12-5-4-9(16)7-11(12)14(21)13(19-20)15(22)18-10-3-2-6-17-8-10/h2-8H,1H3,(H,18,22). The maximum absolute atomic E-state index is 13.4. The van der Waals surface area contributed by atoms with Crippen LogP contribution in [0, 0.1) is 5.82 Å². The lowest BCUT2D eigenvalue weighted by molar-refractivity contribution is 0.101. The molecule has 0 radical (unpaired) electrons. The van der Waals surface area contributed by atoms with E-state index in [0.717, 1.165) is 6.07 Å². The fraction of sp³-hybridized carbons (Fsp3) is 0.0667. The minimum absolute atomic E-state index is 0.105. The Kier molecular flexibility index (Phi) is 3.38. The highest BCUT2D eigenvalue weighted by molar-refractivity contribution is 6.04. The van der Waals surface area contributed by atoms with Gasteiger partial charge in [0.05, 0.1) is 22.8 Å². The van der Waals surface area contributed by atoms with Gasteiger partial charge < -0.3 is 5.32 Å². The van der Waals surface area contributed by atoms with Gasteiger partial charge in [-0.15, -0.1) is 0 Å². The van der Waals surface area contributed by atoms with Gasteiger partial charge in [0, 0.05) is 13.2 Å². The average molecular weight is 298 g/mol. The summed E-state index contributed by atoms with van der Waals surface area (Å²) in [5, 5.41) is 6.62. The minimum Gasteiger partial charge on any atom is -0.319 e. The lowest BCUT2D eigenvalue weighted by Crippen LogP contribution is -2.26. The number of nitrogens with zero attached hydrogens (tertiary/aromatic N) is 3. The predicted octanol–water partition coefficient (Wildman–Crippen LogP) is 1.72. The van der Waals surface area contributed by atoms with Gasteiger partial charge >= 0.3 is 0 Å². The summed E-state index contributed by atoms with van der Waals surface area (Å²) in [6.07, 6.45) is 3.01. The van der Waals surface area contributed by atoms with Crippen LogP contribution in [-0.4, -0.2) is 20.7 Å². The van der Waals surface area contributed by atoms with Crippen molar-refractivity contribution in [1.29, 1.82) is 0 Å². The van der Waals surface area contributed by atoms with E-state index in [9.17, 15) is 14.0 Å². The Balaban J connectivity index is 2.09. The number of anilines is 1. The van der Waals surface area contributed by atoms with E-state index in [0.29, 0.717) is 11.2 Å². The summed E-state index contributed by atoms with van der Waals surface area (Å²) in [6, 6.07) is 7.06. The third-order valence-electron chi connectivity index (χ3n) is 3.15. The number of aryl methyl sites for hydroxylation is 1. The van der Waals surface area contributed by atoms with Gasteiger partial charge in [0.25, 0.3) is 5.91 Å². The number of carbonyl (C=O) groups is 1. The van der Waals surface area contributed by atoms with Crippen LogP contribution in [0.5, 0.6) is 0 Å². The highest BCUT2D eigenvalue weighted by atomic mass is 19.1. The molecular weight excluding hydrogens is 287 g/mol. The van der Waals surface area contributed by atoms with Crippen LogP contribution in [0.3, 0.4) is 0 Å². The Morgan fingerprint density at radius 1 is 1.32 bits per heavy atom. The molecule has 0 aliphatic rings. The third-order valence-corrected chi connectivity index (χ3v) is 3.15. The van der Waals surface area contributed by atoms with E-state index in [2.05, 4.69) is 15.4 Å². The highest BCUT2D eigenvalue weighted by Crippen LogP contribution is 2.12. The minimum atomic E-state index is -0.667. The Labute approximate surface area is 124 Å². The van der Waals surface area contributed by atoms with E-state index >= 15 is 0 Å². The molecule has 0 saturated heterocycles. The van der Waals surface area contributed by atoms with E-state index in [1.807, 2.05) is 0 Å². The summed E-state index contributed by atoms with van der Waals surface area (Å²) in [5.41, 5.74) is -0.0292. The topological polar surface area (TPSA) is 76.9 Å². The van der Waals surface area contributed by atoms with Crippen LogP contribution in [0.2, 0.25) is 0 Å². The quantitative estimate of drug-likeness (QED) is 0.781. The largest absolute Gasteiger partial charge is 0.319 e. The van der Waals surface area contributed by atoms with Crippen molar-refractivity contribution in [2.45, 2.75) is 0 Å². The molecule has 2 aromatic heterocycles. The zero-order valence-electron chi connectivity index (χ0n) is 11.6. The van der Waals surface area contributed by atoms with Crippen molar-refractivity contribution in [3.8, 4) is 0 Å². The molecule has 0 unspecified atom stereocenters. The molecule has 110 valence electrons. The Morgan fingerprint density at radius 3 is 2.86 bits per heavy atom. The van der Waals surface area contributed by atoms with Crippen LogP contribution in [0.25, 0.3) is 10.9 Å². The molecule has 22 heavy (non-hydrogen) atoms. The van der Waals surface area contributed by atoms with Gasteiger partial charge in [-0.05, 0) is 30.3 Å². The van der Waals surface area contributed by atoms with E-state index in [-0.39, 0.29) is 11.1 Å². The fourth-order valence-corrected chi connectivity index (χ4v) is 2.12. The van der Waals surface area contributed by atoms with Crippen LogP contribution < -0.4 is 10.7 Å². The molecule has 0 aliphatic heterocycles. The zero-order valence-corrected chi connectivity index (χ0v) is 11.6. The fourth-order valence-electron chi connectivity index (χ4n) is 2.12. The Morgan fingerprint density at radius 2 is 2.14 bits per heavy atom. The number of carbonyl (C=O) groups excluding carboxylic acids is 1. The first-order valence-electron chi connectivity index (χ1n) is 6.44. The number of rotatable bonds is 2. The van der Waals surface area contributed by atoms with Crippen molar-refractivity contribution in [3.05, 3.63) is 64.5 Å². The summed E-state index contributed by atoms with van der Waals surface area (Å²) < 4.78 is 14.7. The van der Waals surface area contributed by atoms with E-state index in [4.69, 9.17) is 0 Å². The van der Waals surface area contributed by atoms with Crippen LogP contribution in [0.15, 0.2) is 47.5 Å². The smallest absolute Gasteiger partial charge is 0.280 e. The second kappa shape index (κ2) is 5.36. The van der Waals surface area contributed by atoms with Crippen LogP contribution in [0.1, 0.15) is 10.5 Å². The number of benzene rings is 1. The summed E-state index contributed by atoms with van der Waals surface area (Å²) in [5.74, 6) is -1.21. The van der Waals surface area contributed by atoms with Gasteiger partial charge in [0.2, 0.25) is 5.43 Å². The van der Waals surface area contributed by atoms with Gasteiger partial charge in [-0.25, -0.2) is 4.39 Å². The molecule has 1 N–H and O–H groups in total. The van der Waals surface area contributed by atoms with E-state index in [1.165, 1.54) is 23.0 Å². The van der Waals surface area contributed by atoms with Crippen molar-refractivity contribution < 1.29 is 9.18 Å². The third kappa shape index (κ3) is 2.44. The van der Waals surface area contributed by atoms with Crippen LogP contribution in [-0.2, 0) is 7.05 Å². The molecule has 0 bridgehead atoms. The molecule has 3 rings (SSSR count). The summed E-state index contributed by atoms with van der Waals surface area (Å²) in [7, 11) is 1.58. The molecular formula is C15H11FN4O2. The van der Waals surface area contributed by atoms with E-state index in [1.54, 1.807) is 25.4 Å². The monoisotopic (exact) mass is 298 g/mol. The number of aromatic nitrogens is 3. The number of pyridine rings is 1. The summed E-state index contributed by atoms with van der Waals surface area (Å²) in [6.45, 7) is 0. The summed E-state index contributed by atoms with van der Waals surface area (Å²) >= 11 is 0. The SMILES string of the molecule is Cn1nc(C(=O)Nc2cccnc2)c(=O)c2cc(F)ccc21. The molecule has 7 heteroatoms. The van der Waals surface area contributed by atoms with Crippen molar-refractivity contribution in [1.82, 2.24) is 14.8 Å². The number of hydrogen-bond donors (Lipinski definition) is 1. The summed E-state index contributed by atoms with van der Waals surface area (Å²) in [4.78, 5) is 28.4. The average Bonchev–Trinajstić information content (AvgIpc) is 2.51. The normalized spacial score (nSPS) is 10.6. The van der Waals surface area contributed by atoms with Crippen LogP contribution >= 0.6 is 0 Å². The van der Waals surface area contributed by atoms with Crippen molar-refractivity contribution in [3.63, 3.8) is 0 Å². The number of nitrogens with one attached hydrogen (secondary N) is 1. The second-order valence-electron chi connectivity index (χ2n) is 4.66. The number of fused-ring (bicyclic) bond motifs is 1. The molecule has 0 aliphatic carbocycles. The predicted molar refractivity (Wildman–Crippen MR) is 79.1 cm³/mol. The Hall–Kier alpha value is -3.09. The van der Waals surface area contributed by atoms with Crippen molar-refractivity contribution in [2.75, 3.05) is 5.32 Å². The van der Waals surface area contributed by atoms with Crippen molar-refractivity contribution >= 4 is 22.5 Å². The molecule has 0 saturated carbocycles. The molecule has 2 heterocycles. The number of amides is 1. The molecule has 3 aromatic rings. The lowest BCUT2D eigenvalue weighted by atomic mass is 10.2. The highest BCUT2D eigenvalue weighted by Gasteiger charge is 2.17. The molecule has 1 amide bonds. The zero-order chi connectivity index (χ0) is 15.7. The number of hydrogen-bond acceptors (Lipinski definition) is 4. The Bertz CT molecular complexity index is 922. The molecule has 0 fully saturated rings. The molecule has 0 atom stereocenters. The first-order valence-corrected chi connectivity index (χ1v) is 6.44. The number of halogens is 1. The second-order valence-corrected chi connectivity index (χ2v) is 4.66.